The molecule has 1 unspecified atom stereocenters. The van der Waals surface area contributed by atoms with E-state index in [-0.39, 0.29) is 5.56 Å². The van der Waals surface area contributed by atoms with Gasteiger partial charge in [0.05, 0.1) is 22.9 Å². The summed E-state index contributed by atoms with van der Waals surface area (Å²) in [5, 5.41) is 3.39. The molecule has 1 aromatic heterocycles. The first-order chi connectivity index (χ1) is 8.59. The number of halogens is 3. The van der Waals surface area contributed by atoms with E-state index in [1.165, 1.54) is 24.4 Å². The Morgan fingerprint density at radius 3 is 2.50 bits per heavy atom. The molecular weight excluding hydrogens is 258 g/mol. The van der Waals surface area contributed by atoms with Gasteiger partial charge in [-0.3, -0.25) is 4.98 Å². The summed E-state index contributed by atoms with van der Waals surface area (Å²) in [5.41, 5.74) is 0.520. The monoisotopic (exact) mass is 268 g/mol. The van der Waals surface area contributed by atoms with Crippen LogP contribution in [0.3, 0.4) is 0 Å². The summed E-state index contributed by atoms with van der Waals surface area (Å²) in [6, 6.07) is 4.84. The average molecular weight is 269 g/mol. The number of rotatable bonds is 3. The predicted octanol–water partition coefficient (Wildman–Crippen LogP) is 4.19. The zero-order valence-corrected chi connectivity index (χ0v) is 10.4. The van der Waals surface area contributed by atoms with Crippen LogP contribution in [0, 0.1) is 11.6 Å². The number of pyridine rings is 1. The van der Waals surface area contributed by atoms with Crippen molar-refractivity contribution < 1.29 is 8.78 Å². The van der Waals surface area contributed by atoms with Gasteiger partial charge in [-0.2, -0.15) is 0 Å². The fourth-order valence-corrected chi connectivity index (χ4v) is 1.87. The number of benzene rings is 1. The minimum Gasteiger partial charge on any atom is -0.376 e. The van der Waals surface area contributed by atoms with Gasteiger partial charge in [0.15, 0.2) is 0 Å². The van der Waals surface area contributed by atoms with E-state index in [1.807, 2.05) is 0 Å². The third-order valence-electron chi connectivity index (χ3n) is 2.57. The molecule has 0 amide bonds. The fourth-order valence-electron chi connectivity index (χ4n) is 1.71. The molecule has 0 saturated carbocycles. The summed E-state index contributed by atoms with van der Waals surface area (Å²) in [6.45, 7) is 1.66. The maximum absolute atomic E-state index is 13.6. The van der Waals surface area contributed by atoms with E-state index in [0.29, 0.717) is 10.7 Å². The molecule has 0 aliphatic heterocycles. The van der Waals surface area contributed by atoms with Gasteiger partial charge in [-0.25, -0.2) is 8.78 Å². The molecule has 2 nitrogen and oxygen atoms in total. The van der Waals surface area contributed by atoms with E-state index in [1.54, 1.807) is 19.2 Å². The summed E-state index contributed by atoms with van der Waals surface area (Å²) >= 11 is 5.95. The molecule has 1 heterocycles. The van der Waals surface area contributed by atoms with Crippen molar-refractivity contribution >= 4 is 17.3 Å². The molecule has 2 rings (SSSR count). The van der Waals surface area contributed by atoms with E-state index in [0.717, 1.165) is 0 Å². The van der Waals surface area contributed by atoms with Gasteiger partial charge in [0.1, 0.15) is 11.6 Å². The quantitative estimate of drug-likeness (QED) is 0.903. The van der Waals surface area contributed by atoms with Crippen LogP contribution >= 0.6 is 11.6 Å². The first kappa shape index (κ1) is 12.8. The number of hydrogen-bond donors (Lipinski definition) is 1. The first-order valence-corrected chi connectivity index (χ1v) is 5.77. The SMILES string of the molecule is CC(Nc1cnccc1Cl)c1c(F)cccc1F. The predicted molar refractivity (Wildman–Crippen MR) is 67.6 cm³/mol. The molecule has 18 heavy (non-hydrogen) atoms. The minimum absolute atomic E-state index is 0.0163. The second kappa shape index (κ2) is 5.31. The van der Waals surface area contributed by atoms with Crippen molar-refractivity contribution in [1.29, 1.82) is 0 Å². The highest BCUT2D eigenvalue weighted by Crippen LogP contribution is 2.27. The fraction of sp³-hybridized carbons (Fsp3) is 0.154. The van der Waals surface area contributed by atoms with Gasteiger partial charge in [-0.15, -0.1) is 0 Å². The standard InChI is InChI=1S/C13H11ClF2N2/c1-8(13-10(15)3-2-4-11(13)16)18-12-7-17-6-5-9(12)14/h2-8,18H,1H3. The Hall–Kier alpha value is -1.68. The first-order valence-electron chi connectivity index (χ1n) is 5.39. The minimum atomic E-state index is -0.588. The maximum Gasteiger partial charge on any atom is 0.131 e. The van der Waals surface area contributed by atoms with Crippen LogP contribution in [0.25, 0.3) is 0 Å². The average Bonchev–Trinajstić information content (AvgIpc) is 2.32. The van der Waals surface area contributed by atoms with Crippen LogP contribution in [0.15, 0.2) is 36.7 Å². The molecule has 2 aromatic rings. The zero-order valence-electron chi connectivity index (χ0n) is 9.62. The van der Waals surface area contributed by atoms with Gasteiger partial charge < -0.3 is 5.32 Å². The number of nitrogens with zero attached hydrogens (tertiary/aromatic N) is 1. The Labute approximate surface area is 109 Å². The van der Waals surface area contributed by atoms with E-state index in [9.17, 15) is 8.78 Å². The molecule has 1 N–H and O–H groups in total. The lowest BCUT2D eigenvalue weighted by Crippen LogP contribution is -2.11. The van der Waals surface area contributed by atoms with Gasteiger partial charge in [0, 0.05) is 11.8 Å². The summed E-state index contributed by atoms with van der Waals surface area (Å²) in [5.74, 6) is -1.18. The van der Waals surface area contributed by atoms with Gasteiger partial charge in [-0.05, 0) is 25.1 Å². The van der Waals surface area contributed by atoms with Gasteiger partial charge in [-0.1, -0.05) is 17.7 Å². The third kappa shape index (κ3) is 2.59. The number of nitrogens with one attached hydrogen (secondary N) is 1. The Bertz CT molecular complexity index is 540. The van der Waals surface area contributed by atoms with Crippen LogP contribution in [0.4, 0.5) is 14.5 Å². The molecule has 5 heteroatoms. The van der Waals surface area contributed by atoms with Gasteiger partial charge in [0.2, 0.25) is 0 Å². The molecule has 1 atom stereocenters. The molecule has 0 spiro atoms. The molecule has 0 radical (unpaired) electrons. The van der Waals surface area contributed by atoms with Gasteiger partial charge in [0.25, 0.3) is 0 Å². The number of aromatic nitrogens is 1. The van der Waals surface area contributed by atoms with Crippen molar-refractivity contribution in [2.45, 2.75) is 13.0 Å². The van der Waals surface area contributed by atoms with Crippen molar-refractivity contribution in [3.63, 3.8) is 0 Å². The van der Waals surface area contributed by atoms with Crippen LogP contribution < -0.4 is 5.32 Å². The summed E-state index contributed by atoms with van der Waals surface area (Å²) in [6.07, 6.45) is 3.06. The molecular formula is C13H11ClF2N2. The molecule has 0 aliphatic rings. The van der Waals surface area contributed by atoms with Gasteiger partial charge >= 0.3 is 0 Å². The summed E-state index contributed by atoms with van der Waals surface area (Å²) in [7, 11) is 0. The lowest BCUT2D eigenvalue weighted by atomic mass is 10.1. The van der Waals surface area contributed by atoms with Crippen molar-refractivity contribution in [1.82, 2.24) is 4.98 Å². The third-order valence-corrected chi connectivity index (χ3v) is 2.90. The Morgan fingerprint density at radius 2 is 1.89 bits per heavy atom. The van der Waals surface area contributed by atoms with E-state index >= 15 is 0 Å². The second-order valence-corrected chi connectivity index (χ2v) is 4.26. The van der Waals surface area contributed by atoms with Crippen molar-refractivity contribution in [3.8, 4) is 0 Å². The van der Waals surface area contributed by atoms with Crippen molar-refractivity contribution in [2.75, 3.05) is 5.32 Å². The number of hydrogen-bond acceptors (Lipinski definition) is 2. The molecule has 0 saturated heterocycles. The Kier molecular flexibility index (Phi) is 3.77. The van der Waals surface area contributed by atoms with E-state index in [2.05, 4.69) is 10.3 Å². The van der Waals surface area contributed by atoms with Crippen LogP contribution in [-0.2, 0) is 0 Å². The topological polar surface area (TPSA) is 24.9 Å². The van der Waals surface area contributed by atoms with Crippen LogP contribution in [0.5, 0.6) is 0 Å². The lowest BCUT2D eigenvalue weighted by molar-refractivity contribution is 0.544. The second-order valence-electron chi connectivity index (χ2n) is 3.86. The highest BCUT2D eigenvalue weighted by molar-refractivity contribution is 6.33. The number of anilines is 1. The molecule has 0 fully saturated rings. The maximum atomic E-state index is 13.6. The molecule has 94 valence electrons. The van der Waals surface area contributed by atoms with Crippen LogP contribution in [0.1, 0.15) is 18.5 Å². The summed E-state index contributed by atoms with van der Waals surface area (Å²) in [4.78, 5) is 3.90. The Morgan fingerprint density at radius 1 is 1.22 bits per heavy atom. The zero-order chi connectivity index (χ0) is 13.1. The largest absolute Gasteiger partial charge is 0.376 e. The molecule has 1 aromatic carbocycles. The Balaban J connectivity index is 2.28. The molecule has 0 bridgehead atoms. The van der Waals surface area contributed by atoms with E-state index in [4.69, 9.17) is 11.6 Å². The normalized spacial score (nSPS) is 12.2. The van der Waals surface area contributed by atoms with Crippen LogP contribution in [0.2, 0.25) is 5.02 Å². The summed E-state index contributed by atoms with van der Waals surface area (Å²) < 4.78 is 27.2. The van der Waals surface area contributed by atoms with Crippen molar-refractivity contribution in [2.24, 2.45) is 0 Å². The lowest BCUT2D eigenvalue weighted by Gasteiger charge is -2.17. The highest BCUT2D eigenvalue weighted by Gasteiger charge is 2.16. The van der Waals surface area contributed by atoms with Crippen LogP contribution in [-0.4, -0.2) is 4.98 Å². The van der Waals surface area contributed by atoms with E-state index < -0.39 is 17.7 Å². The highest BCUT2D eigenvalue weighted by atomic mass is 35.5. The van der Waals surface area contributed by atoms with Crippen molar-refractivity contribution in [3.05, 3.63) is 58.9 Å². The smallest absolute Gasteiger partial charge is 0.131 e. The molecule has 0 aliphatic carbocycles.